The van der Waals surface area contributed by atoms with Gasteiger partial charge >= 0.3 is 0 Å². The van der Waals surface area contributed by atoms with Gasteiger partial charge in [-0.05, 0) is 43.2 Å². The highest BCUT2D eigenvalue weighted by atomic mass is 35.5. The molecule has 5 nitrogen and oxygen atoms in total. The van der Waals surface area contributed by atoms with E-state index < -0.39 is 10.0 Å². The van der Waals surface area contributed by atoms with Crippen LogP contribution in [-0.4, -0.2) is 43.9 Å². The zero-order chi connectivity index (χ0) is 21.5. The number of aryl methyl sites for hydroxylation is 2. The Kier molecular flexibility index (Phi) is 6.10. The van der Waals surface area contributed by atoms with Crippen LogP contribution in [0.1, 0.15) is 11.1 Å². The van der Waals surface area contributed by atoms with Crippen molar-refractivity contribution in [2.24, 2.45) is 0 Å². The zero-order valence-electron chi connectivity index (χ0n) is 16.6. The molecule has 1 aliphatic rings. The molecule has 9 heteroatoms. The SMILES string of the molecule is Cc1cccc(C)c1-c1csc(N2CCN(S(=O)(=O)c3ccc(Cl)c(Cl)c3)CC2)n1. The summed E-state index contributed by atoms with van der Waals surface area (Å²) in [5, 5.41) is 3.56. The summed E-state index contributed by atoms with van der Waals surface area (Å²) in [6, 6.07) is 10.6. The standard InChI is InChI=1S/C21H21Cl2N3O2S2/c1-14-4-3-5-15(2)20(14)19-13-29-21(24-19)25-8-10-26(11-9-25)30(27,28)16-6-7-17(22)18(23)12-16/h3-7,12-13H,8-11H2,1-2H3. The summed E-state index contributed by atoms with van der Waals surface area (Å²) >= 11 is 13.5. The minimum atomic E-state index is -3.61. The van der Waals surface area contributed by atoms with Crippen LogP contribution in [0.5, 0.6) is 0 Å². The maximum Gasteiger partial charge on any atom is 0.243 e. The van der Waals surface area contributed by atoms with Crippen LogP contribution in [0.4, 0.5) is 5.13 Å². The fourth-order valence-electron chi connectivity index (χ4n) is 3.65. The molecule has 0 radical (unpaired) electrons. The second-order valence-corrected chi connectivity index (χ2v) is 10.8. The van der Waals surface area contributed by atoms with E-state index in [0.717, 1.165) is 10.8 Å². The first-order valence-electron chi connectivity index (χ1n) is 9.49. The molecule has 2 heterocycles. The molecule has 1 aliphatic heterocycles. The van der Waals surface area contributed by atoms with Crippen molar-refractivity contribution in [1.82, 2.24) is 9.29 Å². The minimum absolute atomic E-state index is 0.164. The van der Waals surface area contributed by atoms with Gasteiger partial charge < -0.3 is 4.90 Å². The number of sulfonamides is 1. The number of halogens is 2. The molecule has 0 N–H and O–H groups in total. The van der Waals surface area contributed by atoms with E-state index in [0.29, 0.717) is 31.2 Å². The maximum atomic E-state index is 13.0. The first-order chi connectivity index (χ1) is 14.3. The van der Waals surface area contributed by atoms with Gasteiger partial charge in [0, 0.05) is 37.1 Å². The summed E-state index contributed by atoms with van der Waals surface area (Å²) in [7, 11) is -3.61. The molecule has 0 spiro atoms. The molecule has 3 aromatic rings. The lowest BCUT2D eigenvalue weighted by Gasteiger charge is -2.33. The Hall–Kier alpha value is -1.64. The summed E-state index contributed by atoms with van der Waals surface area (Å²) in [5.41, 5.74) is 4.53. The predicted molar refractivity (Wildman–Crippen MR) is 124 cm³/mol. The van der Waals surface area contributed by atoms with E-state index in [2.05, 4.69) is 42.3 Å². The van der Waals surface area contributed by atoms with E-state index in [9.17, 15) is 8.42 Å². The fraction of sp³-hybridized carbons (Fsp3) is 0.286. The maximum absolute atomic E-state index is 13.0. The highest BCUT2D eigenvalue weighted by Crippen LogP contribution is 2.33. The molecule has 0 atom stereocenters. The van der Waals surface area contributed by atoms with Crippen molar-refractivity contribution >= 4 is 49.7 Å². The van der Waals surface area contributed by atoms with Gasteiger partial charge in [0.1, 0.15) is 0 Å². The van der Waals surface area contributed by atoms with Crippen molar-refractivity contribution in [1.29, 1.82) is 0 Å². The van der Waals surface area contributed by atoms with Crippen LogP contribution in [0.25, 0.3) is 11.3 Å². The number of thiazole rings is 1. The van der Waals surface area contributed by atoms with Gasteiger partial charge in [0.2, 0.25) is 10.0 Å². The Morgan fingerprint density at radius 2 is 1.63 bits per heavy atom. The summed E-state index contributed by atoms with van der Waals surface area (Å²) in [4.78, 5) is 7.14. The van der Waals surface area contributed by atoms with Crippen molar-refractivity contribution in [3.05, 3.63) is 63.0 Å². The largest absolute Gasteiger partial charge is 0.345 e. The molecular formula is C21H21Cl2N3O2S2. The topological polar surface area (TPSA) is 53.5 Å². The van der Waals surface area contributed by atoms with E-state index in [1.54, 1.807) is 11.3 Å². The van der Waals surface area contributed by atoms with Crippen LogP contribution in [0, 0.1) is 13.8 Å². The molecule has 1 saturated heterocycles. The van der Waals surface area contributed by atoms with Gasteiger partial charge in [-0.1, -0.05) is 41.4 Å². The van der Waals surface area contributed by atoms with Crippen LogP contribution < -0.4 is 4.90 Å². The lowest BCUT2D eigenvalue weighted by atomic mass is 10.0. The van der Waals surface area contributed by atoms with E-state index in [-0.39, 0.29) is 9.92 Å². The number of benzene rings is 2. The molecule has 0 bridgehead atoms. The smallest absolute Gasteiger partial charge is 0.243 e. The van der Waals surface area contributed by atoms with Crippen molar-refractivity contribution in [2.75, 3.05) is 31.1 Å². The van der Waals surface area contributed by atoms with Gasteiger partial charge in [-0.15, -0.1) is 11.3 Å². The lowest BCUT2D eigenvalue weighted by molar-refractivity contribution is 0.385. The molecule has 0 amide bonds. The van der Waals surface area contributed by atoms with Gasteiger partial charge in [0.15, 0.2) is 5.13 Å². The number of rotatable bonds is 4. The molecule has 0 unspecified atom stereocenters. The van der Waals surface area contributed by atoms with E-state index in [4.69, 9.17) is 28.2 Å². The summed E-state index contributed by atoms with van der Waals surface area (Å²) in [6.07, 6.45) is 0. The lowest BCUT2D eigenvalue weighted by Crippen LogP contribution is -2.48. The average molecular weight is 482 g/mol. The Morgan fingerprint density at radius 3 is 2.27 bits per heavy atom. The third kappa shape index (κ3) is 4.09. The van der Waals surface area contributed by atoms with E-state index in [1.807, 2.05) is 0 Å². The summed E-state index contributed by atoms with van der Waals surface area (Å²) < 4.78 is 27.4. The zero-order valence-corrected chi connectivity index (χ0v) is 19.7. The Balaban J connectivity index is 1.49. The van der Waals surface area contributed by atoms with Crippen LogP contribution in [-0.2, 0) is 10.0 Å². The number of nitrogens with zero attached hydrogens (tertiary/aromatic N) is 3. The molecule has 158 valence electrons. The van der Waals surface area contributed by atoms with Crippen molar-refractivity contribution in [3.63, 3.8) is 0 Å². The summed E-state index contributed by atoms with van der Waals surface area (Å²) in [5.74, 6) is 0. The second-order valence-electron chi connectivity index (χ2n) is 7.25. The third-order valence-electron chi connectivity index (χ3n) is 5.27. The first-order valence-corrected chi connectivity index (χ1v) is 12.6. The highest BCUT2D eigenvalue weighted by molar-refractivity contribution is 7.89. The number of hydrogen-bond acceptors (Lipinski definition) is 5. The monoisotopic (exact) mass is 481 g/mol. The van der Waals surface area contributed by atoms with Crippen molar-refractivity contribution in [3.8, 4) is 11.3 Å². The van der Waals surface area contributed by atoms with Gasteiger partial charge in [0.05, 0.1) is 20.6 Å². The van der Waals surface area contributed by atoms with E-state index in [1.165, 1.54) is 39.2 Å². The minimum Gasteiger partial charge on any atom is -0.345 e. The normalized spacial score (nSPS) is 15.5. The average Bonchev–Trinajstić information content (AvgIpc) is 3.19. The van der Waals surface area contributed by atoms with Gasteiger partial charge in [-0.25, -0.2) is 13.4 Å². The molecular weight excluding hydrogens is 461 g/mol. The third-order valence-corrected chi connectivity index (χ3v) is 8.80. The van der Waals surface area contributed by atoms with E-state index >= 15 is 0 Å². The Labute approximate surface area is 190 Å². The molecule has 30 heavy (non-hydrogen) atoms. The molecule has 0 saturated carbocycles. The van der Waals surface area contributed by atoms with Crippen LogP contribution >= 0.6 is 34.5 Å². The fourth-order valence-corrected chi connectivity index (χ4v) is 6.33. The van der Waals surface area contributed by atoms with Gasteiger partial charge in [-0.3, -0.25) is 0 Å². The van der Waals surface area contributed by atoms with Gasteiger partial charge in [-0.2, -0.15) is 4.31 Å². The first kappa shape index (κ1) is 21.6. The van der Waals surface area contributed by atoms with Crippen molar-refractivity contribution < 1.29 is 8.42 Å². The summed E-state index contributed by atoms with van der Waals surface area (Å²) in [6.45, 7) is 6.13. The van der Waals surface area contributed by atoms with Crippen molar-refractivity contribution in [2.45, 2.75) is 18.7 Å². The van der Waals surface area contributed by atoms with Crippen LogP contribution in [0.3, 0.4) is 0 Å². The van der Waals surface area contributed by atoms with Gasteiger partial charge in [0.25, 0.3) is 0 Å². The molecule has 4 rings (SSSR count). The second kappa shape index (κ2) is 8.48. The van der Waals surface area contributed by atoms with Crippen LogP contribution in [0.15, 0.2) is 46.7 Å². The molecule has 1 fully saturated rings. The van der Waals surface area contributed by atoms with Crippen LogP contribution in [0.2, 0.25) is 10.0 Å². The number of piperazine rings is 1. The Morgan fingerprint density at radius 1 is 0.967 bits per heavy atom. The Bertz CT molecular complexity index is 1170. The number of aromatic nitrogens is 1. The highest BCUT2D eigenvalue weighted by Gasteiger charge is 2.30. The molecule has 0 aliphatic carbocycles. The predicted octanol–water partition coefficient (Wildman–Crippen LogP) is 5.24. The number of anilines is 1. The number of hydrogen-bond donors (Lipinski definition) is 0. The molecule has 1 aromatic heterocycles. The molecule has 2 aromatic carbocycles. The quantitative estimate of drug-likeness (QED) is 0.510.